The van der Waals surface area contributed by atoms with Gasteiger partial charge in [0, 0.05) is 10.4 Å². The number of hydrogen-bond acceptors (Lipinski definition) is 6. The van der Waals surface area contributed by atoms with Crippen molar-refractivity contribution in [3.63, 3.8) is 0 Å². The van der Waals surface area contributed by atoms with Gasteiger partial charge in [-0.05, 0) is 62.9 Å². The maximum atomic E-state index is 13.2. The third-order valence-electron chi connectivity index (χ3n) is 4.92. The number of aromatic nitrogens is 3. The van der Waals surface area contributed by atoms with Gasteiger partial charge in [-0.15, -0.1) is 16.4 Å². The molecule has 2 aromatic heterocycles. The summed E-state index contributed by atoms with van der Waals surface area (Å²) >= 11 is 1.65. The summed E-state index contributed by atoms with van der Waals surface area (Å²) in [7, 11) is 0. The Labute approximate surface area is 160 Å². The number of aryl methyl sites for hydroxylation is 2. The highest BCUT2D eigenvalue weighted by atomic mass is 32.1. The standard InChI is InChI=1S/C20H18FN5S/c1-11-12(2)25-26-19(15(11)10-22)23-16-4-3-5-17-18(16)24-20(27-17)13-6-8-14(21)9-7-13/h6-9,16H,3-5H2,1-2H3,(H,23,26). The monoisotopic (exact) mass is 379 g/mol. The molecule has 0 saturated carbocycles. The zero-order valence-electron chi connectivity index (χ0n) is 15.1. The van der Waals surface area contributed by atoms with Crippen molar-refractivity contribution in [1.82, 2.24) is 15.2 Å². The van der Waals surface area contributed by atoms with E-state index in [-0.39, 0.29) is 11.9 Å². The number of thiazole rings is 1. The lowest BCUT2D eigenvalue weighted by Gasteiger charge is -2.23. The topological polar surface area (TPSA) is 74.5 Å². The largest absolute Gasteiger partial charge is 0.359 e. The summed E-state index contributed by atoms with van der Waals surface area (Å²) in [5, 5.41) is 22.2. The first kappa shape index (κ1) is 17.6. The Hall–Kier alpha value is -2.85. The summed E-state index contributed by atoms with van der Waals surface area (Å²) in [5.74, 6) is 0.256. The van der Waals surface area contributed by atoms with Crippen LogP contribution in [-0.4, -0.2) is 15.2 Å². The number of hydrogen-bond donors (Lipinski definition) is 1. The van der Waals surface area contributed by atoms with E-state index in [0.717, 1.165) is 46.8 Å². The van der Waals surface area contributed by atoms with E-state index < -0.39 is 0 Å². The number of fused-ring (bicyclic) bond motifs is 1. The average Bonchev–Trinajstić information content (AvgIpc) is 3.11. The molecule has 0 radical (unpaired) electrons. The zero-order chi connectivity index (χ0) is 19.0. The van der Waals surface area contributed by atoms with Crippen molar-refractivity contribution < 1.29 is 4.39 Å². The van der Waals surface area contributed by atoms with Gasteiger partial charge in [0.15, 0.2) is 5.82 Å². The predicted molar refractivity (Wildman–Crippen MR) is 103 cm³/mol. The minimum atomic E-state index is -0.253. The lowest BCUT2D eigenvalue weighted by Crippen LogP contribution is -2.19. The molecule has 136 valence electrons. The van der Waals surface area contributed by atoms with E-state index in [2.05, 4.69) is 21.6 Å². The number of rotatable bonds is 3. The average molecular weight is 379 g/mol. The maximum Gasteiger partial charge on any atom is 0.167 e. The molecule has 0 saturated heterocycles. The fourth-order valence-electron chi connectivity index (χ4n) is 3.29. The molecule has 5 nitrogen and oxygen atoms in total. The molecule has 4 rings (SSSR count). The third kappa shape index (κ3) is 3.28. The molecule has 27 heavy (non-hydrogen) atoms. The number of anilines is 1. The van der Waals surface area contributed by atoms with E-state index in [1.165, 1.54) is 17.0 Å². The van der Waals surface area contributed by atoms with Crippen molar-refractivity contribution in [3.8, 4) is 16.6 Å². The summed E-state index contributed by atoms with van der Waals surface area (Å²) in [6.45, 7) is 3.73. The molecule has 7 heteroatoms. The SMILES string of the molecule is Cc1nnc(NC2CCCc3sc(-c4ccc(F)cc4)nc32)c(C#N)c1C. The first-order chi connectivity index (χ1) is 13.1. The van der Waals surface area contributed by atoms with Crippen LogP contribution in [0.3, 0.4) is 0 Å². The minimum absolute atomic E-state index is 0.0114. The molecule has 1 aromatic carbocycles. The van der Waals surface area contributed by atoms with Gasteiger partial charge in [-0.25, -0.2) is 9.37 Å². The summed E-state index contributed by atoms with van der Waals surface area (Å²) in [6.07, 6.45) is 2.94. The molecule has 1 unspecified atom stereocenters. The minimum Gasteiger partial charge on any atom is -0.359 e. The van der Waals surface area contributed by atoms with Crippen molar-refractivity contribution in [2.24, 2.45) is 0 Å². The van der Waals surface area contributed by atoms with E-state index >= 15 is 0 Å². The molecule has 1 aliphatic rings. The molecular weight excluding hydrogens is 361 g/mol. The lowest BCUT2D eigenvalue weighted by atomic mass is 9.97. The van der Waals surface area contributed by atoms with Crippen molar-refractivity contribution in [2.75, 3.05) is 5.32 Å². The van der Waals surface area contributed by atoms with Crippen molar-refractivity contribution in [2.45, 2.75) is 39.2 Å². The summed E-state index contributed by atoms with van der Waals surface area (Å²) < 4.78 is 13.2. The van der Waals surface area contributed by atoms with Gasteiger partial charge in [-0.1, -0.05) is 0 Å². The Morgan fingerprint density at radius 3 is 2.74 bits per heavy atom. The highest BCUT2D eigenvalue weighted by Crippen LogP contribution is 2.38. The second-order valence-electron chi connectivity index (χ2n) is 6.67. The smallest absolute Gasteiger partial charge is 0.167 e. The number of benzene rings is 1. The Kier molecular flexibility index (Phi) is 4.58. The summed E-state index contributed by atoms with van der Waals surface area (Å²) in [5.41, 5.74) is 4.04. The van der Waals surface area contributed by atoms with Gasteiger partial charge in [-0.2, -0.15) is 10.4 Å². The van der Waals surface area contributed by atoms with Crippen molar-refractivity contribution in [1.29, 1.82) is 5.26 Å². The molecule has 1 N–H and O–H groups in total. The van der Waals surface area contributed by atoms with Crippen molar-refractivity contribution >= 4 is 17.2 Å². The zero-order valence-corrected chi connectivity index (χ0v) is 15.9. The quantitative estimate of drug-likeness (QED) is 0.713. The molecular formula is C20H18FN5S. The van der Waals surface area contributed by atoms with Crippen LogP contribution in [0.5, 0.6) is 0 Å². The van der Waals surface area contributed by atoms with Gasteiger partial charge in [0.25, 0.3) is 0 Å². The van der Waals surface area contributed by atoms with E-state index in [1.807, 2.05) is 13.8 Å². The molecule has 2 heterocycles. The summed E-state index contributed by atoms with van der Waals surface area (Å²) in [6, 6.07) is 8.64. The normalized spacial score (nSPS) is 15.9. The van der Waals surface area contributed by atoms with E-state index in [4.69, 9.17) is 4.98 Å². The Morgan fingerprint density at radius 2 is 2.00 bits per heavy atom. The number of nitriles is 1. The number of halogens is 1. The van der Waals surface area contributed by atoms with Gasteiger partial charge < -0.3 is 5.32 Å². The van der Waals surface area contributed by atoms with Gasteiger partial charge in [-0.3, -0.25) is 0 Å². The molecule has 0 amide bonds. The molecule has 0 aliphatic heterocycles. The Balaban J connectivity index is 1.67. The van der Waals surface area contributed by atoms with Crippen LogP contribution in [0.2, 0.25) is 0 Å². The fraction of sp³-hybridized carbons (Fsp3) is 0.300. The number of nitrogens with one attached hydrogen (secondary N) is 1. The third-order valence-corrected chi connectivity index (χ3v) is 6.10. The predicted octanol–water partition coefficient (Wildman–Crippen LogP) is 4.72. The molecule has 1 aliphatic carbocycles. The van der Waals surface area contributed by atoms with E-state index in [1.54, 1.807) is 23.5 Å². The van der Waals surface area contributed by atoms with Crippen LogP contribution < -0.4 is 5.32 Å². The van der Waals surface area contributed by atoms with Crippen LogP contribution in [0.4, 0.5) is 10.2 Å². The second-order valence-corrected chi connectivity index (χ2v) is 7.75. The molecule has 3 aromatic rings. The molecule has 0 spiro atoms. The van der Waals surface area contributed by atoms with Crippen molar-refractivity contribution in [3.05, 3.63) is 57.5 Å². The van der Waals surface area contributed by atoms with Crippen LogP contribution in [0.25, 0.3) is 10.6 Å². The fourth-order valence-corrected chi connectivity index (χ4v) is 4.46. The number of nitrogens with zero attached hydrogens (tertiary/aromatic N) is 4. The summed E-state index contributed by atoms with van der Waals surface area (Å²) in [4.78, 5) is 6.06. The highest BCUT2D eigenvalue weighted by molar-refractivity contribution is 7.15. The van der Waals surface area contributed by atoms with Gasteiger partial charge in [0.05, 0.1) is 17.4 Å². The van der Waals surface area contributed by atoms with E-state index in [9.17, 15) is 9.65 Å². The van der Waals surface area contributed by atoms with Crippen LogP contribution in [0.1, 0.15) is 46.3 Å². The maximum absolute atomic E-state index is 13.2. The Bertz CT molecular complexity index is 1040. The first-order valence-electron chi connectivity index (χ1n) is 8.83. The van der Waals surface area contributed by atoms with Gasteiger partial charge in [0.2, 0.25) is 0 Å². The molecule has 0 bridgehead atoms. The second kappa shape index (κ2) is 7.05. The molecule has 1 atom stereocenters. The Morgan fingerprint density at radius 1 is 1.22 bits per heavy atom. The first-order valence-corrected chi connectivity index (χ1v) is 9.64. The molecule has 0 fully saturated rings. The highest BCUT2D eigenvalue weighted by Gasteiger charge is 2.26. The van der Waals surface area contributed by atoms with Crippen LogP contribution in [0.15, 0.2) is 24.3 Å². The lowest BCUT2D eigenvalue weighted by molar-refractivity contribution is 0.591. The van der Waals surface area contributed by atoms with Gasteiger partial charge >= 0.3 is 0 Å². The van der Waals surface area contributed by atoms with Crippen LogP contribution >= 0.6 is 11.3 Å². The van der Waals surface area contributed by atoms with Crippen LogP contribution in [0, 0.1) is 31.0 Å². The van der Waals surface area contributed by atoms with E-state index in [0.29, 0.717) is 11.4 Å². The van der Waals surface area contributed by atoms with Gasteiger partial charge in [0.1, 0.15) is 22.5 Å². The van der Waals surface area contributed by atoms with Crippen LogP contribution in [-0.2, 0) is 6.42 Å².